The maximum absolute atomic E-state index is 11.9. The van der Waals surface area contributed by atoms with Gasteiger partial charge in [0.2, 0.25) is 0 Å². The van der Waals surface area contributed by atoms with Crippen molar-refractivity contribution in [1.29, 1.82) is 0 Å². The van der Waals surface area contributed by atoms with Crippen LogP contribution in [0.15, 0.2) is 10.1 Å². The molecule has 0 unspecified atom stereocenters. The summed E-state index contributed by atoms with van der Waals surface area (Å²) in [5.41, 5.74) is 0.636. The number of nitrogens with zero attached hydrogens (tertiary/aromatic N) is 1. The fraction of sp³-hybridized carbons (Fsp3) is 0.769. The number of carbonyl (C=O) groups is 1. The molecule has 1 saturated carbocycles. The van der Waals surface area contributed by atoms with Crippen LogP contribution in [0.2, 0.25) is 0 Å². The second-order valence-corrected chi connectivity index (χ2v) is 6.64. The number of halogens is 2. The SMILES string of the molecule is CN(C(=O)OC(C)(C)C)C1CCC(=C(Cl)Cl)CC1. The highest BCUT2D eigenvalue weighted by atomic mass is 35.5. The summed E-state index contributed by atoms with van der Waals surface area (Å²) in [5, 5.41) is 0. The highest BCUT2D eigenvalue weighted by Gasteiger charge is 2.27. The molecule has 0 aromatic rings. The maximum atomic E-state index is 11.9. The smallest absolute Gasteiger partial charge is 0.410 e. The van der Waals surface area contributed by atoms with Crippen LogP contribution in [0, 0.1) is 0 Å². The summed E-state index contributed by atoms with van der Waals surface area (Å²) in [6, 6.07) is 0.205. The average Bonchev–Trinajstić information content (AvgIpc) is 2.26. The van der Waals surface area contributed by atoms with Gasteiger partial charge < -0.3 is 9.64 Å². The third-order valence-electron chi connectivity index (χ3n) is 3.06. The Balaban J connectivity index is 2.52. The van der Waals surface area contributed by atoms with E-state index in [4.69, 9.17) is 27.9 Å². The Morgan fingerprint density at radius 2 is 1.78 bits per heavy atom. The fourth-order valence-corrected chi connectivity index (χ4v) is 2.39. The van der Waals surface area contributed by atoms with Gasteiger partial charge in [-0.1, -0.05) is 23.2 Å². The third-order valence-corrected chi connectivity index (χ3v) is 3.59. The first kappa shape index (κ1) is 15.6. The lowest BCUT2D eigenvalue weighted by atomic mass is 9.91. The van der Waals surface area contributed by atoms with Gasteiger partial charge in [0.1, 0.15) is 10.1 Å². The molecule has 104 valence electrons. The zero-order valence-corrected chi connectivity index (χ0v) is 12.9. The second kappa shape index (κ2) is 6.16. The molecule has 0 spiro atoms. The quantitative estimate of drug-likeness (QED) is 0.713. The lowest BCUT2D eigenvalue weighted by Gasteiger charge is -2.33. The predicted molar refractivity (Wildman–Crippen MR) is 75.0 cm³/mol. The molecule has 0 bridgehead atoms. The van der Waals surface area contributed by atoms with Crippen LogP contribution in [0.25, 0.3) is 0 Å². The van der Waals surface area contributed by atoms with E-state index < -0.39 is 5.60 Å². The van der Waals surface area contributed by atoms with Crippen molar-refractivity contribution in [2.45, 2.75) is 58.1 Å². The maximum Gasteiger partial charge on any atom is 0.410 e. The summed E-state index contributed by atoms with van der Waals surface area (Å²) >= 11 is 11.5. The molecule has 0 N–H and O–H groups in total. The van der Waals surface area contributed by atoms with Crippen molar-refractivity contribution in [3.05, 3.63) is 10.1 Å². The molecule has 1 amide bonds. The summed E-state index contributed by atoms with van der Waals surface area (Å²) < 4.78 is 5.73. The largest absolute Gasteiger partial charge is 0.444 e. The minimum atomic E-state index is -0.454. The van der Waals surface area contributed by atoms with Gasteiger partial charge in [0, 0.05) is 13.1 Å². The van der Waals surface area contributed by atoms with Gasteiger partial charge in [-0.2, -0.15) is 0 Å². The number of hydrogen-bond donors (Lipinski definition) is 0. The number of rotatable bonds is 1. The zero-order valence-electron chi connectivity index (χ0n) is 11.4. The number of amides is 1. The van der Waals surface area contributed by atoms with E-state index in [0.717, 1.165) is 31.3 Å². The van der Waals surface area contributed by atoms with Crippen molar-refractivity contribution in [2.75, 3.05) is 7.05 Å². The number of carbonyl (C=O) groups excluding carboxylic acids is 1. The summed E-state index contributed by atoms with van der Waals surface area (Å²) in [6.45, 7) is 5.61. The molecule has 0 saturated heterocycles. The van der Waals surface area contributed by atoms with Gasteiger partial charge in [0.25, 0.3) is 0 Å². The second-order valence-electron chi connectivity index (χ2n) is 5.69. The summed E-state index contributed by atoms with van der Waals surface area (Å²) in [6.07, 6.45) is 3.19. The van der Waals surface area contributed by atoms with Crippen molar-refractivity contribution in [1.82, 2.24) is 4.90 Å². The summed E-state index contributed by atoms with van der Waals surface area (Å²) in [5.74, 6) is 0. The Morgan fingerprint density at radius 3 is 2.17 bits per heavy atom. The van der Waals surface area contributed by atoms with E-state index in [9.17, 15) is 4.79 Å². The molecule has 1 aliphatic rings. The van der Waals surface area contributed by atoms with Gasteiger partial charge in [0.05, 0.1) is 0 Å². The molecule has 18 heavy (non-hydrogen) atoms. The van der Waals surface area contributed by atoms with Crippen LogP contribution in [0.4, 0.5) is 4.79 Å². The molecule has 3 nitrogen and oxygen atoms in total. The van der Waals surface area contributed by atoms with Crippen LogP contribution in [-0.4, -0.2) is 29.7 Å². The van der Waals surface area contributed by atoms with Crippen LogP contribution < -0.4 is 0 Å². The first-order valence-electron chi connectivity index (χ1n) is 6.19. The normalized spacial score (nSPS) is 20.6. The monoisotopic (exact) mass is 293 g/mol. The molecule has 0 radical (unpaired) electrons. The average molecular weight is 294 g/mol. The molecule has 0 atom stereocenters. The van der Waals surface area contributed by atoms with Gasteiger partial charge in [0.15, 0.2) is 0 Å². The van der Waals surface area contributed by atoms with Gasteiger partial charge in [-0.25, -0.2) is 4.79 Å². The topological polar surface area (TPSA) is 29.5 Å². The fourth-order valence-electron chi connectivity index (χ4n) is 2.01. The van der Waals surface area contributed by atoms with Gasteiger partial charge in [-0.3, -0.25) is 0 Å². The highest BCUT2D eigenvalue weighted by Crippen LogP contribution is 2.31. The van der Waals surface area contributed by atoms with E-state index in [-0.39, 0.29) is 12.1 Å². The van der Waals surface area contributed by atoms with Crippen LogP contribution in [0.1, 0.15) is 46.5 Å². The lowest BCUT2D eigenvalue weighted by Crippen LogP contribution is -2.41. The molecular formula is C13H21Cl2NO2. The first-order valence-corrected chi connectivity index (χ1v) is 6.95. The van der Waals surface area contributed by atoms with Crippen LogP contribution >= 0.6 is 23.2 Å². The number of hydrogen-bond acceptors (Lipinski definition) is 2. The Hall–Kier alpha value is -0.410. The summed E-state index contributed by atoms with van der Waals surface area (Å²) in [4.78, 5) is 13.6. The molecule has 0 aromatic heterocycles. The molecule has 0 aliphatic heterocycles. The van der Waals surface area contributed by atoms with Crippen molar-refractivity contribution in [3.63, 3.8) is 0 Å². The highest BCUT2D eigenvalue weighted by molar-refractivity contribution is 6.56. The predicted octanol–water partition coefficient (Wildman–Crippen LogP) is 4.49. The molecule has 1 rings (SSSR count). The van der Waals surface area contributed by atoms with Crippen LogP contribution in [0.3, 0.4) is 0 Å². The van der Waals surface area contributed by atoms with E-state index in [1.165, 1.54) is 0 Å². The van der Waals surface area contributed by atoms with E-state index in [2.05, 4.69) is 0 Å². The van der Waals surface area contributed by atoms with Gasteiger partial charge >= 0.3 is 6.09 Å². The van der Waals surface area contributed by atoms with E-state index in [0.29, 0.717) is 4.49 Å². The van der Waals surface area contributed by atoms with Gasteiger partial charge in [-0.05, 0) is 52.0 Å². The molecule has 0 heterocycles. The molecule has 1 aliphatic carbocycles. The van der Waals surface area contributed by atoms with Crippen molar-refractivity contribution in [3.8, 4) is 0 Å². The minimum Gasteiger partial charge on any atom is -0.444 e. The van der Waals surface area contributed by atoms with Crippen molar-refractivity contribution in [2.24, 2.45) is 0 Å². The zero-order chi connectivity index (χ0) is 13.9. The van der Waals surface area contributed by atoms with E-state index >= 15 is 0 Å². The van der Waals surface area contributed by atoms with Crippen LogP contribution in [-0.2, 0) is 4.74 Å². The summed E-state index contributed by atoms with van der Waals surface area (Å²) in [7, 11) is 1.79. The standard InChI is InChI=1S/C13H21Cl2NO2/c1-13(2,3)18-12(17)16(4)10-7-5-9(6-8-10)11(14)15/h10H,5-8H2,1-4H3. The number of allylic oxidation sites excluding steroid dienone is 1. The third kappa shape index (κ3) is 4.69. The Labute approximate surface area is 119 Å². The Kier molecular flexibility index (Phi) is 5.35. The minimum absolute atomic E-state index is 0.205. The molecular weight excluding hydrogens is 273 g/mol. The molecule has 5 heteroatoms. The molecule has 0 aromatic carbocycles. The Bertz CT molecular complexity index is 333. The van der Waals surface area contributed by atoms with E-state index in [1.54, 1.807) is 11.9 Å². The Morgan fingerprint density at radius 1 is 1.28 bits per heavy atom. The number of ether oxygens (including phenoxy) is 1. The first-order chi connectivity index (χ1) is 8.20. The van der Waals surface area contributed by atoms with Gasteiger partial charge in [-0.15, -0.1) is 0 Å². The lowest BCUT2D eigenvalue weighted by molar-refractivity contribution is 0.0198. The van der Waals surface area contributed by atoms with E-state index in [1.807, 2.05) is 20.8 Å². The van der Waals surface area contributed by atoms with Crippen LogP contribution in [0.5, 0.6) is 0 Å². The molecule has 1 fully saturated rings. The van der Waals surface area contributed by atoms with Crippen molar-refractivity contribution >= 4 is 29.3 Å². The van der Waals surface area contributed by atoms with Crippen molar-refractivity contribution < 1.29 is 9.53 Å².